The maximum absolute atomic E-state index is 11.9. The first-order valence-corrected chi connectivity index (χ1v) is 7.41. The van der Waals surface area contributed by atoms with E-state index in [1.807, 2.05) is 7.05 Å². The lowest BCUT2D eigenvalue weighted by molar-refractivity contribution is 0.316. The smallest absolute Gasteiger partial charge is 0.242 e. The summed E-state index contributed by atoms with van der Waals surface area (Å²) in [4.78, 5) is 3.27. The van der Waals surface area contributed by atoms with Crippen LogP contribution in [0.15, 0.2) is 17.2 Å². The Morgan fingerprint density at radius 2 is 2.24 bits per heavy atom. The lowest BCUT2D eigenvalue weighted by Crippen LogP contribution is -2.32. The molecule has 0 spiro atoms. The van der Waals surface area contributed by atoms with Crippen molar-refractivity contribution in [3.8, 4) is 0 Å². The summed E-state index contributed by atoms with van der Waals surface area (Å²) in [5.41, 5.74) is 0.872. The average molecular weight is 257 g/mol. The van der Waals surface area contributed by atoms with Gasteiger partial charge in [0.25, 0.3) is 0 Å². The van der Waals surface area contributed by atoms with Crippen LogP contribution in [0.2, 0.25) is 0 Å². The molecule has 0 atom stereocenters. The van der Waals surface area contributed by atoms with E-state index in [0.717, 1.165) is 18.5 Å². The van der Waals surface area contributed by atoms with Crippen molar-refractivity contribution in [3.63, 3.8) is 0 Å². The molecule has 2 rings (SSSR count). The second-order valence-electron chi connectivity index (χ2n) is 4.54. The van der Waals surface area contributed by atoms with Crippen molar-refractivity contribution < 1.29 is 8.42 Å². The van der Waals surface area contributed by atoms with Crippen molar-refractivity contribution in [3.05, 3.63) is 18.0 Å². The van der Waals surface area contributed by atoms with Gasteiger partial charge in [-0.15, -0.1) is 0 Å². The van der Waals surface area contributed by atoms with Gasteiger partial charge in [-0.25, -0.2) is 13.1 Å². The van der Waals surface area contributed by atoms with Crippen LogP contribution in [0.5, 0.6) is 0 Å². The predicted octanol–water partition coefficient (Wildman–Crippen LogP) is 0.812. The van der Waals surface area contributed by atoms with Crippen molar-refractivity contribution >= 4 is 10.0 Å². The Bertz CT molecular complexity index is 463. The summed E-state index contributed by atoms with van der Waals surface area (Å²) in [6.45, 7) is 1.20. The molecule has 0 aromatic carbocycles. The summed E-state index contributed by atoms with van der Waals surface area (Å²) in [6.07, 6.45) is 5.04. The first-order valence-electron chi connectivity index (χ1n) is 5.93. The maximum Gasteiger partial charge on any atom is 0.242 e. The third-order valence-electron chi connectivity index (χ3n) is 3.18. The summed E-state index contributed by atoms with van der Waals surface area (Å²) < 4.78 is 26.5. The number of aromatic nitrogens is 1. The number of sulfonamides is 1. The van der Waals surface area contributed by atoms with Gasteiger partial charge in [0.1, 0.15) is 0 Å². The summed E-state index contributed by atoms with van der Waals surface area (Å²) in [6, 6.07) is 1.67. The largest absolute Gasteiger partial charge is 0.363 e. The fourth-order valence-corrected chi connectivity index (χ4v) is 3.01. The van der Waals surface area contributed by atoms with E-state index in [9.17, 15) is 8.42 Å². The average Bonchev–Trinajstić information content (AvgIpc) is 2.65. The van der Waals surface area contributed by atoms with E-state index in [1.165, 1.54) is 12.6 Å². The zero-order valence-corrected chi connectivity index (χ0v) is 10.8. The van der Waals surface area contributed by atoms with Crippen LogP contribution in [-0.2, 0) is 16.6 Å². The Hall–Kier alpha value is -0.850. The van der Waals surface area contributed by atoms with Gasteiger partial charge < -0.3 is 10.3 Å². The first kappa shape index (κ1) is 12.6. The Labute approximate surface area is 102 Å². The molecular weight excluding hydrogens is 238 g/mol. The molecule has 0 saturated heterocycles. The van der Waals surface area contributed by atoms with Crippen molar-refractivity contribution in [2.24, 2.45) is 5.92 Å². The molecule has 6 heteroatoms. The third-order valence-corrected chi connectivity index (χ3v) is 4.58. The van der Waals surface area contributed by atoms with Crippen molar-refractivity contribution in [1.82, 2.24) is 15.0 Å². The van der Waals surface area contributed by atoms with Gasteiger partial charge in [-0.05, 0) is 31.9 Å². The van der Waals surface area contributed by atoms with Gasteiger partial charge in [-0.2, -0.15) is 0 Å². The van der Waals surface area contributed by atoms with Crippen LogP contribution in [0, 0.1) is 5.92 Å². The highest BCUT2D eigenvalue weighted by Crippen LogP contribution is 2.25. The van der Waals surface area contributed by atoms with Gasteiger partial charge in [0, 0.05) is 25.0 Å². The van der Waals surface area contributed by atoms with E-state index < -0.39 is 10.0 Å². The van der Waals surface area contributed by atoms with Gasteiger partial charge in [0.05, 0.1) is 4.90 Å². The molecule has 0 unspecified atom stereocenters. The Balaban J connectivity index is 1.97. The van der Waals surface area contributed by atoms with E-state index in [-0.39, 0.29) is 0 Å². The van der Waals surface area contributed by atoms with E-state index in [1.54, 1.807) is 6.07 Å². The maximum atomic E-state index is 11.9. The molecule has 3 N–H and O–H groups in total. The van der Waals surface area contributed by atoms with Crippen LogP contribution in [0.1, 0.15) is 25.0 Å². The molecule has 1 aromatic rings. The molecule has 1 aliphatic rings. The van der Waals surface area contributed by atoms with Crippen LogP contribution in [0.25, 0.3) is 0 Å². The minimum absolute atomic E-state index is 0.321. The Morgan fingerprint density at radius 3 is 2.82 bits per heavy atom. The molecule has 1 fully saturated rings. The fraction of sp³-hybridized carbons (Fsp3) is 0.636. The predicted molar refractivity (Wildman–Crippen MR) is 66.1 cm³/mol. The number of hydrogen-bond acceptors (Lipinski definition) is 3. The second-order valence-corrected chi connectivity index (χ2v) is 6.31. The monoisotopic (exact) mass is 257 g/mol. The number of hydrogen-bond donors (Lipinski definition) is 3. The lowest BCUT2D eigenvalue weighted by Gasteiger charge is -2.25. The molecule has 0 radical (unpaired) electrons. The lowest BCUT2D eigenvalue weighted by atomic mass is 9.86. The molecule has 0 aliphatic heterocycles. The number of rotatable bonds is 6. The van der Waals surface area contributed by atoms with Crippen LogP contribution in [0.4, 0.5) is 0 Å². The normalized spacial score (nSPS) is 17.0. The molecule has 1 heterocycles. The van der Waals surface area contributed by atoms with Crippen LogP contribution < -0.4 is 10.0 Å². The number of aromatic amines is 1. The standard InChI is InChI=1S/C11H19N3O2S/c1-12-7-10-5-11(8-13-10)17(15,16)14-6-9-3-2-4-9/h5,8-9,12-14H,2-4,6-7H2,1H3. The molecule has 1 aromatic heterocycles. The van der Waals surface area contributed by atoms with Crippen LogP contribution in [0.3, 0.4) is 0 Å². The number of nitrogens with one attached hydrogen (secondary N) is 3. The van der Waals surface area contributed by atoms with Gasteiger partial charge in [-0.1, -0.05) is 6.42 Å². The summed E-state index contributed by atoms with van der Waals surface area (Å²) >= 11 is 0. The molecule has 5 nitrogen and oxygen atoms in total. The molecule has 1 aliphatic carbocycles. The summed E-state index contributed by atoms with van der Waals surface area (Å²) in [5, 5.41) is 2.97. The zero-order valence-electron chi connectivity index (χ0n) is 9.99. The number of H-pyrrole nitrogens is 1. The second kappa shape index (κ2) is 5.20. The zero-order chi connectivity index (χ0) is 12.3. The quantitative estimate of drug-likeness (QED) is 0.706. The molecule has 1 saturated carbocycles. The van der Waals surface area contributed by atoms with Crippen LogP contribution in [-0.4, -0.2) is 27.0 Å². The third kappa shape index (κ3) is 3.08. The van der Waals surface area contributed by atoms with Gasteiger partial charge >= 0.3 is 0 Å². The molecule has 96 valence electrons. The Morgan fingerprint density at radius 1 is 1.47 bits per heavy atom. The van der Waals surface area contributed by atoms with Crippen molar-refractivity contribution in [2.45, 2.75) is 30.7 Å². The fourth-order valence-electron chi connectivity index (χ4n) is 1.87. The summed E-state index contributed by atoms with van der Waals surface area (Å²) in [7, 11) is -1.51. The van der Waals surface area contributed by atoms with E-state index in [4.69, 9.17) is 0 Å². The molecule has 0 amide bonds. The SMILES string of the molecule is CNCc1cc(S(=O)(=O)NCC2CCC2)c[nH]1. The van der Waals surface area contributed by atoms with Gasteiger partial charge in [-0.3, -0.25) is 0 Å². The van der Waals surface area contributed by atoms with Crippen molar-refractivity contribution in [2.75, 3.05) is 13.6 Å². The van der Waals surface area contributed by atoms with E-state index in [2.05, 4.69) is 15.0 Å². The highest BCUT2D eigenvalue weighted by Gasteiger charge is 2.21. The van der Waals surface area contributed by atoms with Crippen molar-refractivity contribution in [1.29, 1.82) is 0 Å². The van der Waals surface area contributed by atoms with Gasteiger partial charge in [0.15, 0.2) is 0 Å². The first-order chi connectivity index (χ1) is 8.12. The van der Waals surface area contributed by atoms with Gasteiger partial charge in [0.2, 0.25) is 10.0 Å². The van der Waals surface area contributed by atoms with E-state index in [0.29, 0.717) is 23.9 Å². The minimum atomic E-state index is -3.34. The highest BCUT2D eigenvalue weighted by atomic mass is 32.2. The van der Waals surface area contributed by atoms with Crippen LogP contribution >= 0.6 is 0 Å². The summed E-state index contributed by atoms with van der Waals surface area (Å²) in [5.74, 6) is 0.528. The van der Waals surface area contributed by atoms with E-state index >= 15 is 0 Å². The minimum Gasteiger partial charge on any atom is -0.363 e. The molecule has 17 heavy (non-hydrogen) atoms. The molecule has 0 bridgehead atoms. The topological polar surface area (TPSA) is 74.0 Å². The Kier molecular flexibility index (Phi) is 3.86. The highest BCUT2D eigenvalue weighted by molar-refractivity contribution is 7.89. The molecular formula is C11H19N3O2S.